The lowest BCUT2D eigenvalue weighted by molar-refractivity contribution is 0.0925. The van der Waals surface area contributed by atoms with Gasteiger partial charge in [0.05, 0.1) is 11.6 Å². The minimum absolute atomic E-state index is 0.134. The van der Waals surface area contributed by atoms with Crippen molar-refractivity contribution in [2.24, 2.45) is 7.05 Å². The minimum Gasteiger partial charge on any atom is -0.349 e. The Morgan fingerprint density at radius 2 is 1.88 bits per heavy atom. The highest BCUT2D eigenvalue weighted by Crippen LogP contribution is 2.24. The number of nitriles is 1. The summed E-state index contributed by atoms with van der Waals surface area (Å²) in [4.78, 5) is 15.1. The first-order chi connectivity index (χ1) is 12.7. The Bertz CT molecular complexity index is 767. The summed E-state index contributed by atoms with van der Waals surface area (Å²) in [6.45, 7) is 2.70. The summed E-state index contributed by atoms with van der Waals surface area (Å²) in [5, 5.41) is 12.1. The number of nitrogens with one attached hydrogen (secondary N) is 1. The third-order valence-electron chi connectivity index (χ3n) is 5.09. The number of hydrogen-bond donors (Lipinski definition) is 1. The number of benzene rings is 1. The number of hydrogen-bond acceptors (Lipinski definition) is 3. The van der Waals surface area contributed by atoms with Gasteiger partial charge < -0.3 is 9.88 Å². The average molecular weight is 350 g/mol. The quantitative estimate of drug-likeness (QED) is 0.900. The van der Waals surface area contributed by atoms with E-state index in [-0.39, 0.29) is 11.9 Å². The fraction of sp³-hybridized carbons (Fsp3) is 0.429. The third kappa shape index (κ3) is 4.33. The molecule has 0 unspecified atom stereocenters. The van der Waals surface area contributed by atoms with E-state index in [9.17, 15) is 4.79 Å². The van der Waals surface area contributed by atoms with Crippen LogP contribution in [0.25, 0.3) is 0 Å². The van der Waals surface area contributed by atoms with Crippen LogP contribution in [0.3, 0.4) is 0 Å². The highest BCUT2D eigenvalue weighted by atomic mass is 16.1. The Balaban J connectivity index is 1.74. The maximum absolute atomic E-state index is 12.6. The number of aryl methyl sites for hydroxylation is 1. The van der Waals surface area contributed by atoms with E-state index in [1.165, 1.54) is 31.2 Å². The number of carbonyl (C=O) groups is 1. The molecule has 5 nitrogen and oxygen atoms in total. The van der Waals surface area contributed by atoms with Gasteiger partial charge in [-0.05, 0) is 37.6 Å². The highest BCUT2D eigenvalue weighted by Gasteiger charge is 2.22. The van der Waals surface area contributed by atoms with Crippen LogP contribution in [0.15, 0.2) is 42.6 Å². The first-order valence-electron chi connectivity index (χ1n) is 9.32. The number of carbonyl (C=O) groups excluding carboxylic acids is 1. The summed E-state index contributed by atoms with van der Waals surface area (Å²) in [5.74, 6) is -0.134. The van der Waals surface area contributed by atoms with Crippen LogP contribution in [0.5, 0.6) is 0 Å². The average Bonchev–Trinajstić information content (AvgIpc) is 2.86. The maximum Gasteiger partial charge on any atom is 0.268 e. The predicted octanol–water partition coefficient (Wildman–Crippen LogP) is 3.24. The maximum atomic E-state index is 12.6. The van der Waals surface area contributed by atoms with E-state index in [1.807, 2.05) is 6.07 Å². The van der Waals surface area contributed by atoms with E-state index in [1.54, 1.807) is 23.9 Å². The summed E-state index contributed by atoms with van der Waals surface area (Å²) in [6, 6.07) is 14.3. The molecule has 1 saturated heterocycles. The molecular formula is C21H26N4O. The second-order valence-corrected chi connectivity index (χ2v) is 6.92. The Morgan fingerprint density at radius 3 is 2.50 bits per heavy atom. The first-order valence-corrected chi connectivity index (χ1v) is 9.32. The van der Waals surface area contributed by atoms with Gasteiger partial charge in [0, 0.05) is 19.8 Å². The fourth-order valence-corrected chi connectivity index (χ4v) is 3.67. The van der Waals surface area contributed by atoms with Gasteiger partial charge in [-0.25, -0.2) is 0 Å². The number of likely N-dealkylation sites (tertiary alicyclic amines) is 1. The van der Waals surface area contributed by atoms with E-state index in [4.69, 9.17) is 5.26 Å². The van der Waals surface area contributed by atoms with Crippen molar-refractivity contribution >= 4 is 5.91 Å². The van der Waals surface area contributed by atoms with Gasteiger partial charge in [-0.1, -0.05) is 43.2 Å². The van der Waals surface area contributed by atoms with Crippen LogP contribution >= 0.6 is 0 Å². The molecule has 0 radical (unpaired) electrons. The van der Waals surface area contributed by atoms with Gasteiger partial charge >= 0.3 is 0 Å². The minimum atomic E-state index is -0.134. The van der Waals surface area contributed by atoms with Crippen LogP contribution in [0, 0.1) is 11.3 Å². The summed E-state index contributed by atoms with van der Waals surface area (Å²) in [6.07, 6.45) is 6.66. The van der Waals surface area contributed by atoms with Crippen molar-refractivity contribution in [3.63, 3.8) is 0 Å². The van der Waals surface area contributed by atoms with E-state index in [2.05, 4.69) is 40.6 Å². The zero-order chi connectivity index (χ0) is 18.4. The Kier molecular flexibility index (Phi) is 6.08. The van der Waals surface area contributed by atoms with Crippen molar-refractivity contribution in [3.05, 3.63) is 59.4 Å². The van der Waals surface area contributed by atoms with Crippen LogP contribution in [-0.4, -0.2) is 35.0 Å². The van der Waals surface area contributed by atoms with E-state index in [0.717, 1.165) is 13.1 Å². The van der Waals surface area contributed by atoms with Gasteiger partial charge in [-0.3, -0.25) is 9.69 Å². The van der Waals surface area contributed by atoms with Gasteiger partial charge in [0.1, 0.15) is 11.8 Å². The van der Waals surface area contributed by atoms with Crippen LogP contribution in [0.4, 0.5) is 0 Å². The number of nitrogens with zero attached hydrogens (tertiary/aromatic N) is 3. The SMILES string of the molecule is Cn1cc(C#N)cc1C(=O)NC[C@H](c1ccccc1)N1CCCCCC1. The lowest BCUT2D eigenvalue weighted by Crippen LogP contribution is -2.39. The van der Waals surface area contributed by atoms with Gasteiger partial charge in [0.15, 0.2) is 0 Å². The number of aromatic nitrogens is 1. The Labute approximate surface area is 155 Å². The third-order valence-corrected chi connectivity index (χ3v) is 5.09. The lowest BCUT2D eigenvalue weighted by atomic mass is 10.0. The van der Waals surface area contributed by atoms with Gasteiger partial charge in [0.2, 0.25) is 0 Å². The molecule has 3 rings (SSSR count). The molecule has 2 heterocycles. The molecule has 1 aliphatic heterocycles. The molecule has 1 aromatic heterocycles. The molecule has 1 amide bonds. The molecule has 1 aliphatic rings. The molecule has 5 heteroatoms. The van der Waals surface area contributed by atoms with Crippen LogP contribution in [-0.2, 0) is 7.05 Å². The highest BCUT2D eigenvalue weighted by molar-refractivity contribution is 5.93. The molecule has 0 spiro atoms. The first kappa shape index (κ1) is 18.2. The lowest BCUT2D eigenvalue weighted by Gasteiger charge is -2.31. The van der Waals surface area contributed by atoms with Crippen molar-refractivity contribution in [3.8, 4) is 6.07 Å². The van der Waals surface area contributed by atoms with Crippen molar-refractivity contribution in [1.82, 2.24) is 14.8 Å². The predicted molar refractivity (Wildman–Crippen MR) is 102 cm³/mol. The summed E-state index contributed by atoms with van der Waals surface area (Å²) >= 11 is 0. The van der Waals surface area contributed by atoms with Gasteiger partial charge in [-0.15, -0.1) is 0 Å². The van der Waals surface area contributed by atoms with Gasteiger partial charge in [0.25, 0.3) is 5.91 Å². The summed E-state index contributed by atoms with van der Waals surface area (Å²) < 4.78 is 1.71. The zero-order valence-corrected chi connectivity index (χ0v) is 15.3. The molecule has 1 fully saturated rings. The molecule has 1 N–H and O–H groups in total. The smallest absolute Gasteiger partial charge is 0.268 e. The van der Waals surface area contributed by atoms with Gasteiger partial charge in [-0.2, -0.15) is 5.26 Å². The molecule has 0 aliphatic carbocycles. The summed E-state index contributed by atoms with van der Waals surface area (Å²) in [7, 11) is 1.79. The number of amides is 1. The number of rotatable bonds is 5. The standard InChI is InChI=1S/C21H26N4O/c1-24-16-17(14-22)13-19(24)21(26)23-15-20(18-9-5-4-6-10-18)25-11-7-2-3-8-12-25/h4-6,9-10,13,16,20H,2-3,7-8,11-12,15H2,1H3,(H,23,26)/t20-/m1/s1. The molecular weight excluding hydrogens is 324 g/mol. The molecule has 1 aromatic carbocycles. The fourth-order valence-electron chi connectivity index (χ4n) is 3.67. The van der Waals surface area contributed by atoms with Crippen molar-refractivity contribution in [2.45, 2.75) is 31.7 Å². The molecule has 26 heavy (non-hydrogen) atoms. The van der Waals surface area contributed by atoms with Crippen molar-refractivity contribution in [1.29, 1.82) is 5.26 Å². The zero-order valence-electron chi connectivity index (χ0n) is 15.3. The second-order valence-electron chi connectivity index (χ2n) is 6.92. The van der Waals surface area contributed by atoms with Crippen molar-refractivity contribution in [2.75, 3.05) is 19.6 Å². The van der Waals surface area contributed by atoms with E-state index in [0.29, 0.717) is 17.8 Å². The van der Waals surface area contributed by atoms with Crippen LogP contribution in [0.1, 0.15) is 53.3 Å². The van der Waals surface area contributed by atoms with E-state index < -0.39 is 0 Å². The van der Waals surface area contributed by atoms with Crippen LogP contribution < -0.4 is 5.32 Å². The van der Waals surface area contributed by atoms with Crippen molar-refractivity contribution < 1.29 is 4.79 Å². The molecule has 136 valence electrons. The Hall–Kier alpha value is -2.58. The molecule has 1 atom stereocenters. The normalized spacial score (nSPS) is 16.5. The molecule has 0 bridgehead atoms. The monoisotopic (exact) mass is 350 g/mol. The Morgan fingerprint density at radius 1 is 1.19 bits per heavy atom. The molecule has 2 aromatic rings. The largest absolute Gasteiger partial charge is 0.349 e. The summed E-state index contributed by atoms with van der Waals surface area (Å²) in [5.41, 5.74) is 2.26. The van der Waals surface area contributed by atoms with Crippen LogP contribution in [0.2, 0.25) is 0 Å². The second kappa shape index (κ2) is 8.68. The molecule has 0 saturated carbocycles. The van der Waals surface area contributed by atoms with E-state index >= 15 is 0 Å². The topological polar surface area (TPSA) is 61.1 Å².